The van der Waals surface area contributed by atoms with E-state index in [1.54, 1.807) is 4.68 Å². The summed E-state index contributed by atoms with van der Waals surface area (Å²) in [6, 6.07) is 0. The summed E-state index contributed by atoms with van der Waals surface area (Å²) in [5.74, 6) is 1.47. The number of nitrogens with one attached hydrogen (secondary N) is 1. The first-order chi connectivity index (χ1) is 8.61. The highest BCUT2D eigenvalue weighted by molar-refractivity contribution is 7.91. The Kier molecular flexibility index (Phi) is 4.28. The molecular formula is C10H19N5O2S. The molecule has 1 aliphatic heterocycles. The van der Waals surface area contributed by atoms with Gasteiger partial charge in [-0.2, -0.15) is 0 Å². The smallest absolute Gasteiger partial charge is 0.165 e. The van der Waals surface area contributed by atoms with Crippen molar-refractivity contribution < 1.29 is 8.42 Å². The molecule has 7 nitrogen and oxygen atoms in total. The number of rotatable bonds is 6. The van der Waals surface area contributed by atoms with E-state index in [4.69, 9.17) is 0 Å². The zero-order chi connectivity index (χ0) is 13.0. The standard InChI is InChI=1S/C10H19N5O2S/c1-2-4-11-6-10-12-13-14-15(10)7-9-3-5-18(16,17)8-9/h9,11H,2-8H2,1H3. The van der Waals surface area contributed by atoms with Crippen LogP contribution in [-0.2, 0) is 22.9 Å². The van der Waals surface area contributed by atoms with Crippen LogP contribution < -0.4 is 5.32 Å². The van der Waals surface area contributed by atoms with E-state index in [9.17, 15) is 8.42 Å². The minimum Gasteiger partial charge on any atom is -0.310 e. The lowest BCUT2D eigenvalue weighted by Gasteiger charge is -2.09. The van der Waals surface area contributed by atoms with Gasteiger partial charge in [-0.3, -0.25) is 0 Å². The van der Waals surface area contributed by atoms with Gasteiger partial charge in [0.05, 0.1) is 18.1 Å². The SMILES string of the molecule is CCCNCc1nnnn1CC1CCS(=O)(=O)C1. The van der Waals surface area contributed by atoms with Gasteiger partial charge < -0.3 is 5.32 Å². The van der Waals surface area contributed by atoms with E-state index in [1.165, 1.54) is 0 Å². The summed E-state index contributed by atoms with van der Waals surface area (Å²) >= 11 is 0. The number of hydrogen-bond acceptors (Lipinski definition) is 6. The molecular weight excluding hydrogens is 254 g/mol. The Morgan fingerprint density at radius 2 is 2.33 bits per heavy atom. The van der Waals surface area contributed by atoms with E-state index in [-0.39, 0.29) is 11.7 Å². The van der Waals surface area contributed by atoms with Gasteiger partial charge in [0.15, 0.2) is 15.7 Å². The summed E-state index contributed by atoms with van der Waals surface area (Å²) in [5, 5.41) is 14.8. The van der Waals surface area contributed by atoms with Crippen molar-refractivity contribution >= 4 is 9.84 Å². The van der Waals surface area contributed by atoms with Crippen molar-refractivity contribution in [1.29, 1.82) is 0 Å². The minimum absolute atomic E-state index is 0.142. The first-order valence-corrected chi connectivity index (χ1v) is 8.09. The first-order valence-electron chi connectivity index (χ1n) is 6.27. The third-order valence-electron chi connectivity index (χ3n) is 3.07. The maximum atomic E-state index is 11.4. The monoisotopic (exact) mass is 273 g/mol. The highest BCUT2D eigenvalue weighted by Crippen LogP contribution is 2.19. The quantitative estimate of drug-likeness (QED) is 0.710. The number of sulfone groups is 1. The molecule has 0 spiro atoms. The lowest BCUT2D eigenvalue weighted by Crippen LogP contribution is -2.21. The highest BCUT2D eigenvalue weighted by atomic mass is 32.2. The molecule has 2 rings (SSSR count). The molecule has 1 aliphatic rings. The molecule has 0 saturated carbocycles. The van der Waals surface area contributed by atoms with Crippen LogP contribution in [0.25, 0.3) is 0 Å². The second kappa shape index (κ2) is 5.75. The van der Waals surface area contributed by atoms with Crippen molar-refractivity contribution in [3.05, 3.63) is 5.82 Å². The lowest BCUT2D eigenvalue weighted by molar-refractivity contribution is 0.431. The second-order valence-electron chi connectivity index (χ2n) is 4.72. The maximum absolute atomic E-state index is 11.4. The molecule has 1 N–H and O–H groups in total. The number of aromatic nitrogens is 4. The molecule has 1 saturated heterocycles. The van der Waals surface area contributed by atoms with Gasteiger partial charge in [-0.05, 0) is 35.7 Å². The topological polar surface area (TPSA) is 89.8 Å². The molecule has 1 fully saturated rings. The van der Waals surface area contributed by atoms with Crippen molar-refractivity contribution in [3.63, 3.8) is 0 Å². The van der Waals surface area contributed by atoms with Crippen LogP contribution in [0.4, 0.5) is 0 Å². The molecule has 2 heterocycles. The third-order valence-corrected chi connectivity index (χ3v) is 4.91. The summed E-state index contributed by atoms with van der Waals surface area (Å²) in [5.41, 5.74) is 0. The predicted molar refractivity (Wildman–Crippen MR) is 66.6 cm³/mol. The van der Waals surface area contributed by atoms with Crippen LogP contribution >= 0.6 is 0 Å². The fourth-order valence-electron chi connectivity index (χ4n) is 2.13. The van der Waals surface area contributed by atoms with Crippen LogP contribution in [0.1, 0.15) is 25.6 Å². The molecule has 0 amide bonds. The van der Waals surface area contributed by atoms with E-state index in [2.05, 4.69) is 27.8 Å². The number of hydrogen-bond donors (Lipinski definition) is 1. The number of tetrazole rings is 1. The van der Waals surface area contributed by atoms with Crippen molar-refractivity contribution in [2.24, 2.45) is 5.92 Å². The van der Waals surface area contributed by atoms with Gasteiger partial charge in [0.2, 0.25) is 0 Å². The van der Waals surface area contributed by atoms with Crippen LogP contribution in [0, 0.1) is 5.92 Å². The van der Waals surface area contributed by atoms with Crippen LogP contribution in [-0.4, -0.2) is 46.7 Å². The van der Waals surface area contributed by atoms with Crippen molar-refractivity contribution in [2.45, 2.75) is 32.9 Å². The highest BCUT2D eigenvalue weighted by Gasteiger charge is 2.28. The molecule has 0 aliphatic carbocycles. The van der Waals surface area contributed by atoms with E-state index >= 15 is 0 Å². The summed E-state index contributed by atoms with van der Waals surface area (Å²) in [4.78, 5) is 0. The summed E-state index contributed by atoms with van der Waals surface area (Å²) in [7, 11) is -2.83. The molecule has 0 bridgehead atoms. The summed E-state index contributed by atoms with van der Waals surface area (Å²) in [6.07, 6.45) is 1.77. The lowest BCUT2D eigenvalue weighted by atomic mass is 10.1. The molecule has 1 aromatic rings. The summed E-state index contributed by atoms with van der Waals surface area (Å²) < 4.78 is 24.5. The van der Waals surface area contributed by atoms with E-state index < -0.39 is 9.84 Å². The molecule has 0 aromatic carbocycles. The fourth-order valence-corrected chi connectivity index (χ4v) is 3.98. The maximum Gasteiger partial charge on any atom is 0.165 e. The van der Waals surface area contributed by atoms with Gasteiger partial charge in [-0.25, -0.2) is 13.1 Å². The minimum atomic E-state index is -2.83. The van der Waals surface area contributed by atoms with Gasteiger partial charge in [0.1, 0.15) is 0 Å². The third kappa shape index (κ3) is 3.49. The molecule has 0 radical (unpaired) electrons. The Balaban J connectivity index is 1.91. The number of nitrogens with zero attached hydrogens (tertiary/aromatic N) is 4. The fraction of sp³-hybridized carbons (Fsp3) is 0.900. The van der Waals surface area contributed by atoms with Crippen molar-refractivity contribution in [1.82, 2.24) is 25.5 Å². The van der Waals surface area contributed by atoms with Crippen LogP contribution in [0.5, 0.6) is 0 Å². The Morgan fingerprint density at radius 1 is 1.50 bits per heavy atom. The van der Waals surface area contributed by atoms with Gasteiger partial charge in [0.25, 0.3) is 0 Å². The van der Waals surface area contributed by atoms with Gasteiger partial charge in [-0.1, -0.05) is 6.92 Å². The van der Waals surface area contributed by atoms with Crippen LogP contribution in [0.15, 0.2) is 0 Å². The molecule has 8 heteroatoms. The van der Waals surface area contributed by atoms with Crippen LogP contribution in [0.2, 0.25) is 0 Å². The summed E-state index contributed by atoms with van der Waals surface area (Å²) in [6.45, 7) is 4.24. The van der Waals surface area contributed by atoms with Gasteiger partial charge in [-0.15, -0.1) is 5.10 Å². The zero-order valence-electron chi connectivity index (χ0n) is 10.5. The molecule has 1 unspecified atom stereocenters. The Bertz CT molecular complexity index is 484. The van der Waals surface area contributed by atoms with E-state index in [1.807, 2.05) is 0 Å². The average molecular weight is 273 g/mol. The van der Waals surface area contributed by atoms with E-state index in [0.29, 0.717) is 25.3 Å². The van der Waals surface area contributed by atoms with E-state index in [0.717, 1.165) is 18.8 Å². The average Bonchev–Trinajstić information content (AvgIpc) is 2.87. The Hall–Kier alpha value is -1.02. The first kappa shape index (κ1) is 13.4. The van der Waals surface area contributed by atoms with Crippen LogP contribution in [0.3, 0.4) is 0 Å². The molecule has 1 aromatic heterocycles. The molecule has 18 heavy (non-hydrogen) atoms. The normalized spacial score (nSPS) is 22.4. The zero-order valence-corrected chi connectivity index (χ0v) is 11.4. The van der Waals surface area contributed by atoms with Crippen molar-refractivity contribution in [3.8, 4) is 0 Å². The van der Waals surface area contributed by atoms with Gasteiger partial charge in [0, 0.05) is 6.54 Å². The van der Waals surface area contributed by atoms with Crippen molar-refractivity contribution in [2.75, 3.05) is 18.1 Å². The molecule has 1 atom stereocenters. The molecule has 102 valence electrons. The Morgan fingerprint density at radius 3 is 3.00 bits per heavy atom. The largest absolute Gasteiger partial charge is 0.310 e. The second-order valence-corrected chi connectivity index (χ2v) is 6.95. The van der Waals surface area contributed by atoms with Gasteiger partial charge >= 0.3 is 0 Å². The predicted octanol–water partition coefficient (Wildman–Crippen LogP) is -0.393. The Labute approximate surface area is 107 Å².